The molecule has 4 aliphatic rings. The van der Waals surface area contributed by atoms with Gasteiger partial charge in [-0.05, 0) is 35.5 Å². The molecule has 0 amide bonds. The van der Waals surface area contributed by atoms with Crippen molar-refractivity contribution >= 4 is 5.43 Å². The molecule has 0 heterocycles. The molecule has 4 aliphatic carbocycles. The Bertz CT molecular complexity index is 615. The smallest absolute Gasteiger partial charge is 1.00 e. The Morgan fingerprint density at radius 2 is 1.13 bits per heavy atom. The molecule has 2 atom stereocenters. The van der Waals surface area contributed by atoms with Crippen LogP contribution in [-0.2, 0) is 23.3 Å². The summed E-state index contributed by atoms with van der Waals surface area (Å²) in [5, 5.41) is 0. The number of halogens is 2. The Balaban J connectivity index is 0.000000452. The number of fused-ring (bicyclic) bond motifs is 2. The third-order valence-corrected chi connectivity index (χ3v) is 6.50. The summed E-state index contributed by atoms with van der Waals surface area (Å²) in [6.07, 6.45) is 26.2. The van der Waals surface area contributed by atoms with Crippen molar-refractivity contribution in [1.29, 1.82) is 0 Å². The minimum Gasteiger partial charge on any atom is -1.00 e. The van der Waals surface area contributed by atoms with Gasteiger partial charge in [0.15, 0.2) is 0 Å². The molecule has 0 saturated heterocycles. The maximum Gasteiger partial charge on any atom is -1.00 e. The number of hydrogen-bond donors (Lipinski definition) is 0. The number of allylic oxidation sites excluding steroid dienone is 8. The summed E-state index contributed by atoms with van der Waals surface area (Å²) < 4.78 is 0. The van der Waals surface area contributed by atoms with E-state index in [0.29, 0.717) is 10.8 Å². The summed E-state index contributed by atoms with van der Waals surface area (Å²) in [7, 11) is 0. The fraction of sp³-hybridized carbons (Fsp3) is 0.615. The van der Waals surface area contributed by atoms with Crippen LogP contribution in [-0.4, -0.2) is 5.43 Å². The van der Waals surface area contributed by atoms with Gasteiger partial charge >= 0.3 is 41.9 Å². The molecular weight excluding hydrogens is 503 g/mol. The van der Waals surface area contributed by atoms with Crippen LogP contribution in [0.4, 0.5) is 0 Å². The topological polar surface area (TPSA) is 0 Å². The van der Waals surface area contributed by atoms with Crippen LogP contribution in [0.15, 0.2) is 47.6 Å². The van der Waals surface area contributed by atoms with Gasteiger partial charge in [0.05, 0.1) is 0 Å². The number of rotatable bonds is 0. The summed E-state index contributed by atoms with van der Waals surface area (Å²) in [6, 6.07) is 0. The van der Waals surface area contributed by atoms with Crippen molar-refractivity contribution < 1.29 is 48.1 Å². The first kappa shape index (κ1) is 30.4. The van der Waals surface area contributed by atoms with Gasteiger partial charge in [0.1, 0.15) is 0 Å². The van der Waals surface area contributed by atoms with Crippen molar-refractivity contribution in [2.24, 2.45) is 22.7 Å². The van der Waals surface area contributed by atoms with E-state index in [1.807, 2.05) is 0 Å². The van der Waals surface area contributed by atoms with Crippen molar-refractivity contribution in [2.75, 3.05) is 0 Å². The van der Waals surface area contributed by atoms with Crippen molar-refractivity contribution in [3.63, 3.8) is 0 Å². The van der Waals surface area contributed by atoms with Gasteiger partial charge in [-0.1, -0.05) is 40.5 Å². The first-order valence-corrected chi connectivity index (χ1v) is 17.2. The molecule has 168 valence electrons. The molecule has 0 aromatic rings. The fourth-order valence-electron chi connectivity index (χ4n) is 4.89. The second kappa shape index (κ2) is 13.8. The molecule has 0 aromatic carbocycles. The Labute approximate surface area is 214 Å². The Morgan fingerprint density at radius 1 is 0.800 bits per heavy atom. The van der Waals surface area contributed by atoms with Gasteiger partial charge in [0.25, 0.3) is 0 Å². The molecule has 4 heteroatoms. The zero-order valence-corrected chi connectivity index (χ0v) is 24.7. The van der Waals surface area contributed by atoms with E-state index >= 15 is 0 Å². The van der Waals surface area contributed by atoms with Crippen molar-refractivity contribution in [2.45, 2.75) is 79.3 Å². The van der Waals surface area contributed by atoms with E-state index in [1.165, 1.54) is 38.5 Å². The molecule has 0 N–H and O–H groups in total. The summed E-state index contributed by atoms with van der Waals surface area (Å²) in [6.45, 7) is 14.2. The molecule has 0 bridgehead atoms. The normalized spacial score (nSPS) is 26.4. The summed E-state index contributed by atoms with van der Waals surface area (Å²) >= 11 is 1.74. The van der Waals surface area contributed by atoms with E-state index in [4.69, 9.17) is 0 Å². The predicted molar refractivity (Wildman–Crippen MR) is 123 cm³/mol. The van der Waals surface area contributed by atoms with Crippen molar-refractivity contribution in [3.8, 4) is 0 Å². The van der Waals surface area contributed by atoms with Crippen LogP contribution >= 0.6 is 0 Å². The van der Waals surface area contributed by atoms with Crippen LogP contribution < -0.4 is 24.8 Å². The monoisotopic (exact) mass is 540 g/mol. The first-order chi connectivity index (χ1) is 13.1. The molecule has 0 aromatic heterocycles. The average molecular weight is 543 g/mol. The van der Waals surface area contributed by atoms with Crippen LogP contribution in [0.5, 0.6) is 0 Å². The SMILES string of the molecule is CC1(C)CC=CC=C2[CH-]CCC21.CC1(C)CC=CC=C2[CH-]CCC21.C[Si](C)=[Zr+2].[Cl-].[Cl-]. The fourth-order valence-corrected chi connectivity index (χ4v) is 4.89. The third kappa shape index (κ3) is 9.09. The molecular formula is C26H40Cl2SiZr-2. The molecule has 2 fully saturated rings. The van der Waals surface area contributed by atoms with E-state index in [2.05, 4.69) is 90.1 Å². The second-order valence-electron chi connectivity index (χ2n) is 10.2. The zero-order valence-electron chi connectivity index (χ0n) is 19.8. The van der Waals surface area contributed by atoms with Crippen molar-refractivity contribution in [3.05, 3.63) is 60.4 Å². The second-order valence-corrected chi connectivity index (χ2v) is 19.6. The zero-order chi connectivity index (χ0) is 20.8. The average Bonchev–Trinajstić information content (AvgIpc) is 3.20. The number of hydrogen-bond acceptors (Lipinski definition) is 0. The largest absolute Gasteiger partial charge is 1.00 e. The molecule has 30 heavy (non-hydrogen) atoms. The van der Waals surface area contributed by atoms with Gasteiger partial charge in [0.2, 0.25) is 0 Å². The van der Waals surface area contributed by atoms with Gasteiger partial charge in [-0.3, -0.25) is 0 Å². The molecule has 0 radical (unpaired) electrons. The summed E-state index contributed by atoms with van der Waals surface area (Å²) in [5.41, 5.74) is 4.32. The Morgan fingerprint density at radius 3 is 1.47 bits per heavy atom. The quantitative estimate of drug-likeness (QED) is 0.324. The van der Waals surface area contributed by atoms with Gasteiger partial charge in [-0.2, -0.15) is 0 Å². The van der Waals surface area contributed by atoms with E-state index < -0.39 is 0 Å². The Hall–Kier alpha value is 0.380. The summed E-state index contributed by atoms with van der Waals surface area (Å²) in [4.78, 5) is 0. The van der Waals surface area contributed by atoms with Crippen molar-refractivity contribution in [1.82, 2.24) is 0 Å². The Kier molecular flexibility index (Phi) is 14.0. The molecule has 2 saturated carbocycles. The first-order valence-electron chi connectivity index (χ1n) is 11.0. The van der Waals surface area contributed by atoms with E-state index in [9.17, 15) is 0 Å². The predicted octanol–water partition coefficient (Wildman–Crippen LogP) is 1.82. The van der Waals surface area contributed by atoms with Gasteiger partial charge in [-0.15, -0.1) is 37.1 Å². The molecule has 4 rings (SSSR count). The van der Waals surface area contributed by atoms with Gasteiger partial charge in [0, 0.05) is 0 Å². The van der Waals surface area contributed by atoms with Gasteiger partial charge in [-0.25, -0.2) is 36.1 Å². The van der Waals surface area contributed by atoms with Crippen LogP contribution in [0, 0.1) is 35.5 Å². The van der Waals surface area contributed by atoms with Crippen LogP contribution in [0.2, 0.25) is 13.1 Å². The van der Waals surface area contributed by atoms with Crippen LogP contribution in [0.3, 0.4) is 0 Å². The van der Waals surface area contributed by atoms with E-state index in [0.717, 1.165) is 11.8 Å². The molecule has 2 unspecified atom stereocenters. The maximum atomic E-state index is 2.40. The molecule has 0 aliphatic heterocycles. The van der Waals surface area contributed by atoms with E-state index in [-0.39, 0.29) is 30.2 Å². The molecule has 0 nitrogen and oxygen atoms in total. The minimum atomic E-state index is 0. The van der Waals surface area contributed by atoms with E-state index in [1.54, 1.807) is 34.5 Å². The van der Waals surface area contributed by atoms with Crippen LogP contribution in [0.1, 0.15) is 66.2 Å². The minimum absolute atomic E-state index is 0. The third-order valence-electron chi connectivity index (χ3n) is 6.50. The molecule has 0 spiro atoms. The maximum absolute atomic E-state index is 2.40. The van der Waals surface area contributed by atoms with Crippen LogP contribution in [0.25, 0.3) is 0 Å². The summed E-state index contributed by atoms with van der Waals surface area (Å²) in [5.74, 6) is 1.62. The standard InChI is InChI=1S/2C12H17.C2H6Si.2ClH.Zr/c2*1-12(2)9-4-3-6-10-7-5-8-11(10)12;1-3-2;;;/h2*3-4,6-7,11H,5,8-9H2,1-2H3;1-2H3;2*1H;/q2*-1;;;;+2/p-2. The van der Waals surface area contributed by atoms with Gasteiger partial charge < -0.3 is 24.8 Å².